The molecule has 39 heavy (non-hydrogen) atoms. The number of unbranched alkanes of at least 4 members (excludes halogenated alkanes) is 1. The minimum atomic E-state index is -4.54. The molecule has 1 aliphatic heterocycles. The lowest BCUT2D eigenvalue weighted by Gasteiger charge is -2.27. The van der Waals surface area contributed by atoms with E-state index in [1.54, 1.807) is 12.1 Å². The highest BCUT2D eigenvalue weighted by atomic mass is 32.2. The average Bonchev–Trinajstić information content (AvgIpc) is 3.26. The quantitative estimate of drug-likeness (QED) is 0.341. The standard InChI is InChI=1S/C29H32F3N3O3S/c1-34(2)18-8-7-17-33-28(36)20-23-19-22-9-3-6-12-27(22)35(23)39(37,38)24-15-13-21(14-16-24)25-10-4-5-11-26(25)29(30,31)32/h3-6,9-16,23H,7-8,17-20H2,1-2H3,(H,33,36)/t23-/m0/s1. The predicted molar refractivity (Wildman–Crippen MR) is 146 cm³/mol. The molecule has 1 atom stereocenters. The van der Waals surface area contributed by atoms with Gasteiger partial charge in [0.25, 0.3) is 10.0 Å². The Morgan fingerprint density at radius 2 is 1.64 bits per heavy atom. The highest BCUT2D eigenvalue weighted by molar-refractivity contribution is 7.92. The Kier molecular flexibility index (Phi) is 8.66. The molecule has 0 fully saturated rings. The van der Waals surface area contributed by atoms with E-state index in [0.717, 1.165) is 31.0 Å². The number of para-hydroxylation sites is 1. The summed E-state index contributed by atoms with van der Waals surface area (Å²) in [6, 6.07) is 17.1. The lowest BCUT2D eigenvalue weighted by molar-refractivity contribution is -0.137. The monoisotopic (exact) mass is 559 g/mol. The summed E-state index contributed by atoms with van der Waals surface area (Å²) in [4.78, 5) is 14.8. The summed E-state index contributed by atoms with van der Waals surface area (Å²) in [7, 11) is -0.125. The van der Waals surface area contributed by atoms with Gasteiger partial charge in [-0.1, -0.05) is 48.5 Å². The predicted octanol–water partition coefficient (Wildman–Crippen LogP) is 5.34. The normalized spacial score (nSPS) is 15.4. The number of hydrogen-bond donors (Lipinski definition) is 1. The molecule has 0 saturated carbocycles. The number of nitrogens with one attached hydrogen (secondary N) is 1. The Balaban J connectivity index is 1.56. The molecule has 3 aromatic carbocycles. The van der Waals surface area contributed by atoms with Gasteiger partial charge in [0.2, 0.25) is 5.91 Å². The van der Waals surface area contributed by atoms with Crippen LogP contribution in [0.3, 0.4) is 0 Å². The van der Waals surface area contributed by atoms with Gasteiger partial charge in [0, 0.05) is 13.0 Å². The van der Waals surface area contributed by atoms with Gasteiger partial charge >= 0.3 is 6.18 Å². The van der Waals surface area contributed by atoms with Crippen LogP contribution in [0.5, 0.6) is 0 Å². The number of sulfonamides is 1. The third-order valence-electron chi connectivity index (χ3n) is 6.75. The van der Waals surface area contributed by atoms with Crippen LogP contribution in [0.15, 0.2) is 77.7 Å². The van der Waals surface area contributed by atoms with Crippen LogP contribution in [0.25, 0.3) is 11.1 Å². The molecular weight excluding hydrogens is 527 g/mol. The minimum absolute atomic E-state index is 0.00136. The van der Waals surface area contributed by atoms with Gasteiger partial charge < -0.3 is 10.2 Å². The highest BCUT2D eigenvalue weighted by Gasteiger charge is 2.39. The molecule has 1 aliphatic rings. The Labute approximate surface area is 227 Å². The first kappa shape index (κ1) is 28.6. The van der Waals surface area contributed by atoms with E-state index in [4.69, 9.17) is 0 Å². The Morgan fingerprint density at radius 3 is 2.33 bits per heavy atom. The van der Waals surface area contributed by atoms with Gasteiger partial charge in [-0.2, -0.15) is 13.2 Å². The van der Waals surface area contributed by atoms with Crippen LogP contribution < -0.4 is 9.62 Å². The van der Waals surface area contributed by atoms with Gasteiger partial charge in [0.15, 0.2) is 0 Å². The Morgan fingerprint density at radius 1 is 0.974 bits per heavy atom. The molecule has 1 N–H and O–H groups in total. The zero-order chi connectivity index (χ0) is 28.2. The SMILES string of the molecule is CN(C)CCCCNC(=O)C[C@@H]1Cc2ccccc2N1S(=O)(=O)c1ccc(-c2ccccc2C(F)(F)F)cc1. The number of carbonyl (C=O) groups is 1. The Hall–Kier alpha value is -3.37. The number of carbonyl (C=O) groups excluding carboxylic acids is 1. The number of hydrogen-bond acceptors (Lipinski definition) is 4. The number of amides is 1. The van der Waals surface area contributed by atoms with Gasteiger partial charge in [-0.05, 0) is 80.9 Å². The number of nitrogens with zero attached hydrogens (tertiary/aromatic N) is 2. The van der Waals surface area contributed by atoms with E-state index in [9.17, 15) is 26.4 Å². The van der Waals surface area contributed by atoms with Gasteiger partial charge in [0.05, 0.1) is 22.2 Å². The molecule has 0 aliphatic carbocycles. The molecule has 0 unspecified atom stereocenters. The van der Waals surface area contributed by atoms with Crippen LogP contribution in [-0.4, -0.2) is 52.5 Å². The number of benzene rings is 3. The molecule has 0 radical (unpaired) electrons. The van der Waals surface area contributed by atoms with Crippen LogP contribution in [0.4, 0.5) is 18.9 Å². The summed E-state index contributed by atoms with van der Waals surface area (Å²) in [6.45, 7) is 1.43. The number of fused-ring (bicyclic) bond motifs is 1. The van der Waals surface area contributed by atoms with E-state index in [1.165, 1.54) is 46.8 Å². The largest absolute Gasteiger partial charge is 0.417 e. The van der Waals surface area contributed by atoms with E-state index in [0.29, 0.717) is 18.7 Å². The first-order chi connectivity index (χ1) is 18.5. The van der Waals surface area contributed by atoms with Crippen LogP contribution in [-0.2, 0) is 27.4 Å². The van der Waals surface area contributed by atoms with E-state index < -0.39 is 27.8 Å². The summed E-state index contributed by atoms with van der Waals surface area (Å²) >= 11 is 0. The fourth-order valence-electron chi connectivity index (χ4n) is 4.88. The molecule has 3 aromatic rings. The average molecular weight is 560 g/mol. The maximum absolute atomic E-state index is 13.8. The van der Waals surface area contributed by atoms with Gasteiger partial charge in [-0.25, -0.2) is 8.42 Å². The fourth-order valence-corrected chi connectivity index (χ4v) is 6.57. The van der Waals surface area contributed by atoms with Crippen molar-refractivity contribution in [2.75, 3.05) is 31.5 Å². The van der Waals surface area contributed by atoms with Crippen LogP contribution in [0, 0.1) is 0 Å². The van der Waals surface area contributed by atoms with E-state index in [-0.39, 0.29) is 28.4 Å². The topological polar surface area (TPSA) is 69.7 Å². The van der Waals surface area contributed by atoms with Crippen molar-refractivity contribution in [2.24, 2.45) is 0 Å². The second kappa shape index (κ2) is 11.8. The molecule has 0 bridgehead atoms. The van der Waals surface area contributed by atoms with Crippen LogP contribution >= 0.6 is 0 Å². The third kappa shape index (κ3) is 6.62. The van der Waals surface area contributed by atoms with Crippen molar-refractivity contribution in [3.05, 3.63) is 83.9 Å². The van der Waals surface area contributed by atoms with Gasteiger partial charge in [-0.15, -0.1) is 0 Å². The molecule has 4 rings (SSSR count). The zero-order valence-electron chi connectivity index (χ0n) is 21.9. The number of anilines is 1. The molecule has 10 heteroatoms. The lowest BCUT2D eigenvalue weighted by Crippen LogP contribution is -2.41. The smallest absolute Gasteiger partial charge is 0.356 e. The summed E-state index contributed by atoms with van der Waals surface area (Å²) in [6.07, 6.45) is -2.40. The fraction of sp³-hybridized carbons (Fsp3) is 0.345. The number of rotatable bonds is 10. The van der Waals surface area contributed by atoms with E-state index >= 15 is 0 Å². The van der Waals surface area contributed by atoms with Crippen LogP contribution in [0.1, 0.15) is 30.4 Å². The third-order valence-corrected chi connectivity index (χ3v) is 8.63. The van der Waals surface area contributed by atoms with Crippen molar-refractivity contribution < 1.29 is 26.4 Å². The second-order valence-corrected chi connectivity index (χ2v) is 11.7. The van der Waals surface area contributed by atoms with Crippen LogP contribution in [0.2, 0.25) is 0 Å². The van der Waals surface area contributed by atoms with E-state index in [1.807, 2.05) is 26.2 Å². The molecule has 1 heterocycles. The van der Waals surface area contributed by atoms with E-state index in [2.05, 4.69) is 10.2 Å². The van der Waals surface area contributed by atoms with Crippen molar-refractivity contribution >= 4 is 21.6 Å². The van der Waals surface area contributed by atoms with Gasteiger partial charge in [0.1, 0.15) is 0 Å². The summed E-state index contributed by atoms with van der Waals surface area (Å²) in [5.74, 6) is -0.225. The maximum atomic E-state index is 13.8. The van der Waals surface area contributed by atoms with Crippen molar-refractivity contribution in [3.63, 3.8) is 0 Å². The summed E-state index contributed by atoms with van der Waals surface area (Å²) < 4.78 is 69.5. The molecular formula is C29H32F3N3O3S. The molecule has 0 spiro atoms. The van der Waals surface area contributed by atoms with Gasteiger partial charge in [-0.3, -0.25) is 9.10 Å². The lowest BCUT2D eigenvalue weighted by atomic mass is 9.99. The second-order valence-electron chi connectivity index (χ2n) is 9.92. The minimum Gasteiger partial charge on any atom is -0.356 e. The molecule has 6 nitrogen and oxygen atoms in total. The first-order valence-corrected chi connectivity index (χ1v) is 14.2. The van der Waals surface area contributed by atoms with Crippen molar-refractivity contribution in [1.82, 2.24) is 10.2 Å². The Bertz CT molecular complexity index is 1410. The summed E-state index contributed by atoms with van der Waals surface area (Å²) in [5.41, 5.74) is 0.768. The molecule has 1 amide bonds. The summed E-state index contributed by atoms with van der Waals surface area (Å²) in [5, 5.41) is 2.89. The molecule has 0 saturated heterocycles. The molecule has 0 aromatic heterocycles. The highest BCUT2D eigenvalue weighted by Crippen LogP contribution is 2.40. The maximum Gasteiger partial charge on any atom is 0.417 e. The first-order valence-electron chi connectivity index (χ1n) is 12.8. The van der Waals surface area contributed by atoms with Crippen molar-refractivity contribution in [3.8, 4) is 11.1 Å². The van der Waals surface area contributed by atoms with Crippen molar-refractivity contribution in [1.29, 1.82) is 0 Å². The number of alkyl halides is 3. The molecule has 208 valence electrons. The zero-order valence-corrected chi connectivity index (χ0v) is 22.7. The van der Waals surface area contributed by atoms with Crippen molar-refractivity contribution in [2.45, 2.75) is 42.8 Å². The number of halogens is 3.